The van der Waals surface area contributed by atoms with Gasteiger partial charge < -0.3 is 10.2 Å². The molecule has 0 aromatic heterocycles. The van der Waals surface area contributed by atoms with E-state index in [4.69, 9.17) is 10.2 Å². The standard InChI is InChI=1S/C18H34O4.2BrH/c19-17(20)15-13-11-9-7-5-3-1-2-4-6-8-10-12-14-16-18(21)22;;/h1-16H2,(H,19,20)(H,21,22);2*1H. The molecule has 0 fully saturated rings. The summed E-state index contributed by atoms with van der Waals surface area (Å²) < 4.78 is 0. The van der Waals surface area contributed by atoms with Gasteiger partial charge in [-0.3, -0.25) is 9.59 Å². The lowest BCUT2D eigenvalue weighted by Crippen LogP contribution is -1.93. The third-order valence-corrected chi connectivity index (χ3v) is 4.03. The maximum absolute atomic E-state index is 10.3. The highest BCUT2D eigenvalue weighted by molar-refractivity contribution is 8.93. The normalized spacial score (nSPS) is 9.83. The molecule has 0 aliphatic heterocycles. The summed E-state index contributed by atoms with van der Waals surface area (Å²) in [5.74, 6) is -1.36. The number of unbranched alkanes of at least 4 members (excludes halogenated alkanes) is 13. The summed E-state index contributed by atoms with van der Waals surface area (Å²) in [6.45, 7) is 0. The van der Waals surface area contributed by atoms with Crippen LogP contribution < -0.4 is 0 Å². The molecular weight excluding hydrogens is 440 g/mol. The maximum atomic E-state index is 10.3. The van der Waals surface area contributed by atoms with E-state index in [9.17, 15) is 9.59 Å². The van der Waals surface area contributed by atoms with Crippen molar-refractivity contribution in [2.75, 3.05) is 0 Å². The van der Waals surface area contributed by atoms with Gasteiger partial charge in [-0.1, -0.05) is 77.0 Å². The molecule has 24 heavy (non-hydrogen) atoms. The molecule has 0 heterocycles. The van der Waals surface area contributed by atoms with Crippen LogP contribution in [-0.4, -0.2) is 22.2 Å². The van der Waals surface area contributed by atoms with Gasteiger partial charge in [0.2, 0.25) is 0 Å². The lowest BCUT2D eigenvalue weighted by atomic mass is 10.0. The number of carbonyl (C=O) groups is 2. The predicted molar refractivity (Wildman–Crippen MR) is 110 cm³/mol. The van der Waals surface area contributed by atoms with Crippen molar-refractivity contribution in [2.45, 2.75) is 103 Å². The first-order valence-electron chi connectivity index (χ1n) is 9.06. The fourth-order valence-corrected chi connectivity index (χ4v) is 2.67. The van der Waals surface area contributed by atoms with E-state index in [0.717, 1.165) is 25.7 Å². The molecule has 0 aliphatic rings. The van der Waals surface area contributed by atoms with E-state index >= 15 is 0 Å². The second kappa shape index (κ2) is 22.9. The van der Waals surface area contributed by atoms with Crippen LogP contribution >= 0.6 is 34.0 Å². The molecule has 6 heteroatoms. The van der Waals surface area contributed by atoms with Crippen molar-refractivity contribution < 1.29 is 19.8 Å². The van der Waals surface area contributed by atoms with E-state index in [1.807, 2.05) is 0 Å². The summed E-state index contributed by atoms with van der Waals surface area (Å²) in [6.07, 6.45) is 17.0. The Morgan fingerprint density at radius 1 is 0.417 bits per heavy atom. The molecule has 0 aromatic carbocycles. The Bertz CT molecular complexity index is 258. The van der Waals surface area contributed by atoms with Gasteiger partial charge in [-0.05, 0) is 12.8 Å². The molecular formula is C18H36Br2O4. The predicted octanol–water partition coefficient (Wildman–Crippen LogP) is 6.55. The average molecular weight is 476 g/mol. The highest BCUT2D eigenvalue weighted by Gasteiger charge is 1.98. The largest absolute Gasteiger partial charge is 0.481 e. The summed E-state index contributed by atoms with van der Waals surface area (Å²) in [5.41, 5.74) is 0. The number of carboxylic acid groups (broad SMARTS) is 2. The van der Waals surface area contributed by atoms with Crippen molar-refractivity contribution in [3.63, 3.8) is 0 Å². The number of hydrogen-bond donors (Lipinski definition) is 2. The molecule has 0 saturated heterocycles. The first kappa shape index (κ1) is 28.7. The molecule has 0 rings (SSSR count). The molecule has 0 spiro atoms. The van der Waals surface area contributed by atoms with Crippen LogP contribution in [0.4, 0.5) is 0 Å². The van der Waals surface area contributed by atoms with Crippen molar-refractivity contribution in [3.8, 4) is 0 Å². The lowest BCUT2D eigenvalue weighted by molar-refractivity contribution is -0.138. The molecule has 4 nitrogen and oxygen atoms in total. The minimum atomic E-state index is -0.679. The number of rotatable bonds is 17. The van der Waals surface area contributed by atoms with E-state index in [1.165, 1.54) is 64.2 Å². The molecule has 2 N–H and O–H groups in total. The second-order valence-electron chi connectivity index (χ2n) is 6.24. The van der Waals surface area contributed by atoms with Crippen LogP contribution in [0.1, 0.15) is 103 Å². The number of carboxylic acids is 2. The van der Waals surface area contributed by atoms with Crippen molar-refractivity contribution in [3.05, 3.63) is 0 Å². The van der Waals surface area contributed by atoms with Gasteiger partial charge in [0.15, 0.2) is 0 Å². The van der Waals surface area contributed by atoms with Crippen molar-refractivity contribution in [1.82, 2.24) is 0 Å². The van der Waals surface area contributed by atoms with E-state index in [1.54, 1.807) is 0 Å². The van der Waals surface area contributed by atoms with Crippen LogP contribution in [0, 0.1) is 0 Å². The summed E-state index contributed by atoms with van der Waals surface area (Å²) in [5, 5.41) is 17.0. The van der Waals surface area contributed by atoms with Gasteiger partial charge in [-0.15, -0.1) is 34.0 Å². The second-order valence-corrected chi connectivity index (χ2v) is 6.24. The quantitative estimate of drug-likeness (QED) is 0.234. The SMILES string of the molecule is Br.Br.O=C(O)CCCCCCCCCCCCCCCCC(=O)O. The fraction of sp³-hybridized carbons (Fsp3) is 0.889. The molecule has 0 bridgehead atoms. The van der Waals surface area contributed by atoms with Gasteiger partial charge in [0.25, 0.3) is 0 Å². The molecule has 0 amide bonds. The highest BCUT2D eigenvalue weighted by Crippen LogP contribution is 2.13. The zero-order chi connectivity index (χ0) is 16.5. The molecule has 0 aromatic rings. The Kier molecular flexibility index (Phi) is 27.4. The van der Waals surface area contributed by atoms with Crippen LogP contribution in [0.5, 0.6) is 0 Å². The van der Waals surface area contributed by atoms with Crippen LogP contribution in [0.3, 0.4) is 0 Å². The third-order valence-electron chi connectivity index (χ3n) is 4.03. The third kappa shape index (κ3) is 26.8. The van der Waals surface area contributed by atoms with Crippen LogP contribution in [0.15, 0.2) is 0 Å². The van der Waals surface area contributed by atoms with Crippen molar-refractivity contribution in [1.29, 1.82) is 0 Å². The van der Waals surface area contributed by atoms with E-state index < -0.39 is 11.9 Å². The van der Waals surface area contributed by atoms with Crippen molar-refractivity contribution in [2.24, 2.45) is 0 Å². The summed E-state index contributed by atoms with van der Waals surface area (Å²) in [7, 11) is 0. The Hall–Kier alpha value is -0.100. The minimum Gasteiger partial charge on any atom is -0.481 e. The monoisotopic (exact) mass is 474 g/mol. The van der Waals surface area contributed by atoms with Gasteiger partial charge in [0.05, 0.1) is 0 Å². The Morgan fingerprint density at radius 3 is 0.750 bits per heavy atom. The Balaban J connectivity index is -0.00000220. The van der Waals surface area contributed by atoms with Crippen LogP contribution in [0.2, 0.25) is 0 Å². The van der Waals surface area contributed by atoms with Gasteiger partial charge in [-0.2, -0.15) is 0 Å². The summed E-state index contributed by atoms with van der Waals surface area (Å²) >= 11 is 0. The van der Waals surface area contributed by atoms with Gasteiger partial charge in [0, 0.05) is 12.8 Å². The smallest absolute Gasteiger partial charge is 0.303 e. The van der Waals surface area contributed by atoms with Crippen LogP contribution in [-0.2, 0) is 9.59 Å². The first-order chi connectivity index (χ1) is 10.6. The molecule has 0 saturated carbocycles. The zero-order valence-electron chi connectivity index (χ0n) is 14.8. The number of halogens is 2. The summed E-state index contributed by atoms with van der Waals surface area (Å²) in [4.78, 5) is 20.7. The van der Waals surface area contributed by atoms with E-state index in [0.29, 0.717) is 12.8 Å². The molecule has 0 unspecified atom stereocenters. The van der Waals surface area contributed by atoms with Crippen molar-refractivity contribution >= 4 is 45.9 Å². The maximum Gasteiger partial charge on any atom is 0.303 e. The molecule has 146 valence electrons. The Morgan fingerprint density at radius 2 is 0.583 bits per heavy atom. The number of hydrogen-bond acceptors (Lipinski definition) is 2. The van der Waals surface area contributed by atoms with Crippen LogP contribution in [0.25, 0.3) is 0 Å². The summed E-state index contributed by atoms with van der Waals surface area (Å²) in [6, 6.07) is 0. The topological polar surface area (TPSA) is 74.6 Å². The first-order valence-corrected chi connectivity index (χ1v) is 9.06. The van der Waals surface area contributed by atoms with Gasteiger partial charge >= 0.3 is 11.9 Å². The molecule has 0 aliphatic carbocycles. The minimum absolute atomic E-state index is 0. The molecule has 0 radical (unpaired) electrons. The lowest BCUT2D eigenvalue weighted by Gasteiger charge is -2.03. The number of aliphatic carboxylic acids is 2. The van der Waals surface area contributed by atoms with Gasteiger partial charge in [0.1, 0.15) is 0 Å². The van der Waals surface area contributed by atoms with Gasteiger partial charge in [-0.25, -0.2) is 0 Å². The fourth-order valence-electron chi connectivity index (χ4n) is 2.67. The van der Waals surface area contributed by atoms with E-state index in [-0.39, 0.29) is 34.0 Å². The Labute approximate surface area is 168 Å². The highest BCUT2D eigenvalue weighted by atomic mass is 79.9. The van der Waals surface area contributed by atoms with E-state index in [2.05, 4.69) is 0 Å². The molecule has 0 atom stereocenters. The average Bonchev–Trinajstić information content (AvgIpc) is 2.46. The zero-order valence-corrected chi connectivity index (χ0v) is 18.3.